The summed E-state index contributed by atoms with van der Waals surface area (Å²) in [5.74, 6) is -0.858. The van der Waals surface area contributed by atoms with Crippen LogP contribution < -0.4 is 5.32 Å². The number of carbonyl (C=O) groups is 2. The fourth-order valence-electron chi connectivity index (χ4n) is 1.78. The number of amides is 1. The van der Waals surface area contributed by atoms with Gasteiger partial charge >= 0.3 is 5.97 Å². The van der Waals surface area contributed by atoms with Crippen LogP contribution in [0.1, 0.15) is 29.6 Å². The van der Waals surface area contributed by atoms with Crippen LogP contribution in [0.25, 0.3) is 0 Å². The maximum Gasteiger partial charge on any atom is 0.326 e. The number of rotatable bonds is 5. The van der Waals surface area contributed by atoms with E-state index >= 15 is 0 Å². The first-order valence-electron chi connectivity index (χ1n) is 5.85. The van der Waals surface area contributed by atoms with Crippen LogP contribution in [0.2, 0.25) is 0 Å². The Morgan fingerprint density at radius 1 is 1.44 bits per heavy atom. The molecule has 1 aromatic carbocycles. The lowest BCUT2D eigenvalue weighted by Crippen LogP contribution is -2.41. The van der Waals surface area contributed by atoms with E-state index in [2.05, 4.69) is 21.2 Å². The smallest absolute Gasteiger partial charge is 0.326 e. The van der Waals surface area contributed by atoms with Gasteiger partial charge in [0.15, 0.2) is 0 Å². The van der Waals surface area contributed by atoms with Crippen LogP contribution in [0.5, 0.6) is 0 Å². The Labute approximate surface area is 114 Å². The monoisotopic (exact) mass is 311 g/mol. The van der Waals surface area contributed by atoms with Crippen molar-refractivity contribution >= 4 is 27.8 Å². The highest BCUT2D eigenvalue weighted by Gasteiger charge is 2.30. The van der Waals surface area contributed by atoms with Crippen molar-refractivity contribution < 1.29 is 14.7 Å². The van der Waals surface area contributed by atoms with Gasteiger partial charge in [0.1, 0.15) is 6.04 Å². The Morgan fingerprint density at radius 3 is 2.72 bits per heavy atom. The molecule has 1 atom stereocenters. The van der Waals surface area contributed by atoms with E-state index in [1.807, 2.05) is 6.07 Å². The maximum absolute atomic E-state index is 11.9. The minimum Gasteiger partial charge on any atom is -0.480 e. The van der Waals surface area contributed by atoms with E-state index in [4.69, 9.17) is 5.11 Å². The van der Waals surface area contributed by atoms with Gasteiger partial charge in [-0.05, 0) is 30.5 Å². The van der Waals surface area contributed by atoms with Crippen LogP contribution in [-0.2, 0) is 4.79 Å². The molecule has 1 aromatic rings. The quantitative estimate of drug-likeness (QED) is 0.877. The summed E-state index contributed by atoms with van der Waals surface area (Å²) < 4.78 is 0.796. The van der Waals surface area contributed by atoms with E-state index in [0.29, 0.717) is 17.9 Å². The van der Waals surface area contributed by atoms with E-state index in [9.17, 15) is 9.59 Å². The molecule has 0 radical (unpaired) electrons. The minimum atomic E-state index is -0.967. The summed E-state index contributed by atoms with van der Waals surface area (Å²) in [6, 6.07) is 6.11. The average molecular weight is 312 g/mol. The third-order valence-electron chi connectivity index (χ3n) is 2.96. The number of halogens is 1. The third kappa shape index (κ3) is 3.57. The molecule has 0 saturated heterocycles. The zero-order chi connectivity index (χ0) is 13.1. The summed E-state index contributed by atoms with van der Waals surface area (Å²) in [6.45, 7) is 0. The largest absolute Gasteiger partial charge is 0.480 e. The molecule has 2 N–H and O–H groups in total. The van der Waals surface area contributed by atoms with Crippen LogP contribution in [0.3, 0.4) is 0 Å². The molecule has 1 saturated carbocycles. The van der Waals surface area contributed by atoms with Gasteiger partial charge in [0.2, 0.25) is 0 Å². The van der Waals surface area contributed by atoms with Crippen LogP contribution in [0.15, 0.2) is 28.7 Å². The van der Waals surface area contributed by atoms with E-state index in [-0.39, 0.29) is 5.91 Å². The zero-order valence-electron chi connectivity index (χ0n) is 9.73. The molecule has 5 heteroatoms. The van der Waals surface area contributed by atoms with Crippen LogP contribution in [0, 0.1) is 5.92 Å². The average Bonchev–Trinajstić information content (AvgIpc) is 3.12. The molecule has 1 aliphatic carbocycles. The van der Waals surface area contributed by atoms with Crippen LogP contribution in [-0.4, -0.2) is 23.0 Å². The Hall–Kier alpha value is -1.36. The molecule has 0 aliphatic heterocycles. The van der Waals surface area contributed by atoms with E-state index in [0.717, 1.165) is 17.3 Å². The molecule has 96 valence electrons. The van der Waals surface area contributed by atoms with Gasteiger partial charge in [0.25, 0.3) is 5.91 Å². The zero-order valence-corrected chi connectivity index (χ0v) is 11.3. The van der Waals surface area contributed by atoms with Gasteiger partial charge in [-0.2, -0.15) is 0 Å². The first-order chi connectivity index (χ1) is 8.56. The van der Waals surface area contributed by atoms with Crippen molar-refractivity contribution in [3.05, 3.63) is 34.3 Å². The fraction of sp³-hybridized carbons (Fsp3) is 0.385. The molecule has 1 aliphatic rings. The third-order valence-corrected chi connectivity index (χ3v) is 3.45. The lowest BCUT2D eigenvalue weighted by molar-refractivity contribution is -0.139. The number of carbonyl (C=O) groups excluding carboxylic acids is 1. The number of hydrogen-bond donors (Lipinski definition) is 2. The summed E-state index contributed by atoms with van der Waals surface area (Å²) in [6.07, 6.45) is 2.65. The van der Waals surface area contributed by atoms with Crippen molar-refractivity contribution in [3.8, 4) is 0 Å². The van der Waals surface area contributed by atoms with Crippen molar-refractivity contribution in [2.45, 2.75) is 25.3 Å². The molecule has 0 heterocycles. The topological polar surface area (TPSA) is 66.4 Å². The van der Waals surface area contributed by atoms with Crippen molar-refractivity contribution in [3.63, 3.8) is 0 Å². The highest BCUT2D eigenvalue weighted by Crippen LogP contribution is 2.33. The number of aliphatic carboxylic acids is 1. The molecule has 0 bridgehead atoms. The van der Waals surface area contributed by atoms with Crippen molar-refractivity contribution in [1.29, 1.82) is 0 Å². The highest BCUT2D eigenvalue weighted by molar-refractivity contribution is 9.10. The standard InChI is InChI=1S/C13H14BrNO3/c14-10-3-1-2-9(7-10)12(16)15-11(13(17)18)6-8-4-5-8/h1-3,7-8,11H,4-6H2,(H,15,16)(H,17,18). The Kier molecular flexibility index (Phi) is 4.01. The fourth-order valence-corrected chi connectivity index (χ4v) is 2.18. The maximum atomic E-state index is 11.9. The molecular weight excluding hydrogens is 298 g/mol. The molecule has 2 rings (SSSR count). The van der Waals surface area contributed by atoms with Crippen molar-refractivity contribution in [1.82, 2.24) is 5.32 Å². The van der Waals surface area contributed by atoms with Gasteiger partial charge in [0, 0.05) is 10.0 Å². The summed E-state index contributed by atoms with van der Waals surface area (Å²) in [5.41, 5.74) is 0.464. The highest BCUT2D eigenvalue weighted by atomic mass is 79.9. The first-order valence-corrected chi connectivity index (χ1v) is 6.65. The predicted octanol–water partition coefficient (Wildman–Crippen LogP) is 2.43. The van der Waals surface area contributed by atoms with Gasteiger partial charge < -0.3 is 10.4 Å². The van der Waals surface area contributed by atoms with Gasteiger partial charge in [0.05, 0.1) is 0 Å². The number of nitrogens with one attached hydrogen (secondary N) is 1. The van der Waals surface area contributed by atoms with Gasteiger partial charge in [-0.1, -0.05) is 34.8 Å². The lowest BCUT2D eigenvalue weighted by Gasteiger charge is -2.14. The van der Waals surface area contributed by atoms with Crippen molar-refractivity contribution in [2.24, 2.45) is 5.92 Å². The lowest BCUT2D eigenvalue weighted by atomic mass is 10.1. The van der Waals surface area contributed by atoms with E-state index in [1.165, 1.54) is 0 Å². The summed E-state index contributed by atoms with van der Waals surface area (Å²) in [5, 5.41) is 11.6. The van der Waals surface area contributed by atoms with E-state index < -0.39 is 12.0 Å². The molecule has 1 fully saturated rings. The summed E-state index contributed by atoms with van der Waals surface area (Å²) in [4.78, 5) is 23.0. The SMILES string of the molecule is O=C(NC(CC1CC1)C(=O)O)c1cccc(Br)c1. The molecule has 4 nitrogen and oxygen atoms in total. The second-order valence-electron chi connectivity index (χ2n) is 4.55. The van der Waals surface area contributed by atoms with Crippen LogP contribution in [0.4, 0.5) is 0 Å². The molecule has 1 amide bonds. The second kappa shape index (κ2) is 5.52. The first kappa shape index (κ1) is 13.1. The van der Waals surface area contributed by atoms with Gasteiger partial charge in [-0.25, -0.2) is 4.79 Å². The molecule has 18 heavy (non-hydrogen) atoms. The number of carboxylic acids is 1. The second-order valence-corrected chi connectivity index (χ2v) is 5.47. The minimum absolute atomic E-state index is 0.343. The van der Waals surface area contributed by atoms with Crippen LogP contribution >= 0.6 is 15.9 Å². The summed E-state index contributed by atoms with van der Waals surface area (Å²) >= 11 is 3.28. The number of benzene rings is 1. The summed E-state index contributed by atoms with van der Waals surface area (Å²) in [7, 11) is 0. The Bertz CT molecular complexity index is 471. The van der Waals surface area contributed by atoms with Gasteiger partial charge in [-0.15, -0.1) is 0 Å². The molecule has 1 unspecified atom stereocenters. The Morgan fingerprint density at radius 2 is 2.17 bits per heavy atom. The number of carboxylic acid groups (broad SMARTS) is 1. The molecule has 0 aromatic heterocycles. The van der Waals surface area contributed by atoms with Gasteiger partial charge in [-0.3, -0.25) is 4.79 Å². The predicted molar refractivity (Wildman–Crippen MR) is 70.4 cm³/mol. The normalized spacial score (nSPS) is 16.1. The number of hydrogen-bond acceptors (Lipinski definition) is 2. The van der Waals surface area contributed by atoms with E-state index in [1.54, 1.807) is 18.2 Å². The molecular formula is C13H14BrNO3. The molecule has 0 spiro atoms. The van der Waals surface area contributed by atoms with Crippen molar-refractivity contribution in [2.75, 3.05) is 0 Å². The Balaban J connectivity index is 2.01.